The molecular formula is C23H29ClFNO3. The van der Waals surface area contributed by atoms with Crippen LogP contribution in [0.15, 0.2) is 36.4 Å². The molecule has 0 spiro atoms. The van der Waals surface area contributed by atoms with E-state index in [2.05, 4.69) is 11.8 Å². The number of likely N-dealkylation sites (tertiary alicyclic amines) is 1. The van der Waals surface area contributed by atoms with Gasteiger partial charge in [-0.3, -0.25) is 4.90 Å². The Morgan fingerprint density at radius 2 is 1.79 bits per heavy atom. The van der Waals surface area contributed by atoms with Crippen molar-refractivity contribution in [2.24, 2.45) is 0 Å². The maximum absolute atomic E-state index is 13.9. The standard InChI is InChI=1S/C23H29ClFNO3/c1-4-17-15-22(21(27-3)16-20(17)25)28-14-13-26-11-9-23(2,10-12-26)29-19-7-5-18(24)6-8-19/h5-8,15-16H,4,9-14H2,1-3H3. The van der Waals surface area contributed by atoms with Crippen LogP contribution in [0.1, 0.15) is 32.3 Å². The molecule has 0 saturated carbocycles. The second-order valence-corrected chi connectivity index (χ2v) is 8.08. The van der Waals surface area contributed by atoms with Gasteiger partial charge in [0.05, 0.1) is 7.11 Å². The van der Waals surface area contributed by atoms with E-state index in [-0.39, 0.29) is 11.4 Å². The van der Waals surface area contributed by atoms with Gasteiger partial charge in [-0.15, -0.1) is 0 Å². The molecule has 3 rings (SSSR count). The van der Waals surface area contributed by atoms with Crippen LogP contribution in [0.5, 0.6) is 17.2 Å². The predicted molar refractivity (Wildman–Crippen MR) is 114 cm³/mol. The lowest BCUT2D eigenvalue weighted by molar-refractivity contribution is 0.0135. The quantitative estimate of drug-likeness (QED) is 0.574. The summed E-state index contributed by atoms with van der Waals surface area (Å²) >= 11 is 5.94. The van der Waals surface area contributed by atoms with Gasteiger partial charge < -0.3 is 14.2 Å². The molecule has 158 valence electrons. The Balaban J connectivity index is 1.48. The Kier molecular flexibility index (Phi) is 7.25. The van der Waals surface area contributed by atoms with Crippen LogP contribution in [0, 0.1) is 5.82 Å². The van der Waals surface area contributed by atoms with Crippen LogP contribution in [-0.4, -0.2) is 43.9 Å². The van der Waals surface area contributed by atoms with Crippen molar-refractivity contribution in [3.8, 4) is 17.2 Å². The molecule has 0 N–H and O–H groups in total. The van der Waals surface area contributed by atoms with Crippen LogP contribution in [0.3, 0.4) is 0 Å². The second-order valence-electron chi connectivity index (χ2n) is 7.64. The lowest BCUT2D eigenvalue weighted by Gasteiger charge is -2.39. The molecule has 1 fully saturated rings. The third-order valence-electron chi connectivity index (χ3n) is 5.47. The van der Waals surface area contributed by atoms with Gasteiger partial charge in [-0.25, -0.2) is 4.39 Å². The zero-order chi connectivity index (χ0) is 20.9. The molecule has 0 radical (unpaired) electrons. The molecule has 1 saturated heterocycles. The van der Waals surface area contributed by atoms with E-state index in [1.54, 1.807) is 6.07 Å². The molecule has 0 bridgehead atoms. The van der Waals surface area contributed by atoms with Crippen molar-refractivity contribution >= 4 is 11.6 Å². The topological polar surface area (TPSA) is 30.9 Å². The minimum atomic E-state index is -0.257. The number of halogens is 2. The summed E-state index contributed by atoms with van der Waals surface area (Å²) in [5, 5.41) is 0.709. The molecule has 0 aliphatic carbocycles. The van der Waals surface area contributed by atoms with Crippen LogP contribution in [0.2, 0.25) is 5.02 Å². The number of benzene rings is 2. The zero-order valence-corrected chi connectivity index (χ0v) is 18.1. The molecule has 4 nitrogen and oxygen atoms in total. The van der Waals surface area contributed by atoms with E-state index in [1.807, 2.05) is 31.2 Å². The number of piperidine rings is 1. The average molecular weight is 422 g/mol. The Labute approximate surface area is 177 Å². The fourth-order valence-electron chi connectivity index (χ4n) is 3.54. The van der Waals surface area contributed by atoms with Crippen molar-refractivity contribution in [3.05, 3.63) is 52.8 Å². The summed E-state index contributed by atoms with van der Waals surface area (Å²) in [5.41, 5.74) is 0.454. The van der Waals surface area contributed by atoms with E-state index >= 15 is 0 Å². The molecule has 2 aromatic rings. The first-order chi connectivity index (χ1) is 13.9. The molecule has 1 heterocycles. The number of hydrogen-bond acceptors (Lipinski definition) is 4. The van der Waals surface area contributed by atoms with E-state index in [4.69, 9.17) is 25.8 Å². The number of methoxy groups -OCH3 is 1. The summed E-state index contributed by atoms with van der Waals surface area (Å²) in [7, 11) is 1.53. The van der Waals surface area contributed by atoms with Gasteiger partial charge in [0.25, 0.3) is 0 Å². The molecule has 1 aliphatic heterocycles. The monoisotopic (exact) mass is 421 g/mol. The summed E-state index contributed by atoms with van der Waals surface area (Å²) < 4.78 is 31.3. The van der Waals surface area contributed by atoms with Crippen molar-refractivity contribution < 1.29 is 18.6 Å². The van der Waals surface area contributed by atoms with Gasteiger partial charge in [0.1, 0.15) is 23.8 Å². The average Bonchev–Trinajstić information content (AvgIpc) is 2.72. The molecule has 0 aromatic heterocycles. The number of hydrogen-bond donors (Lipinski definition) is 0. The Hall–Kier alpha value is -1.98. The second kappa shape index (κ2) is 9.68. The molecule has 0 unspecified atom stereocenters. The normalized spacial score (nSPS) is 16.4. The summed E-state index contributed by atoms with van der Waals surface area (Å²) in [6.45, 7) is 7.29. The van der Waals surface area contributed by atoms with Gasteiger partial charge >= 0.3 is 0 Å². The van der Waals surface area contributed by atoms with Gasteiger partial charge in [0, 0.05) is 30.7 Å². The van der Waals surface area contributed by atoms with Crippen molar-refractivity contribution in [2.75, 3.05) is 33.4 Å². The van der Waals surface area contributed by atoms with Crippen LogP contribution >= 0.6 is 11.6 Å². The van der Waals surface area contributed by atoms with Gasteiger partial charge in [-0.2, -0.15) is 0 Å². The third-order valence-corrected chi connectivity index (χ3v) is 5.72. The van der Waals surface area contributed by atoms with Crippen molar-refractivity contribution in [2.45, 2.75) is 38.7 Å². The molecule has 1 aliphatic rings. The largest absolute Gasteiger partial charge is 0.493 e. The Morgan fingerprint density at radius 1 is 1.10 bits per heavy atom. The summed E-state index contributed by atoms with van der Waals surface area (Å²) in [6.07, 6.45) is 2.50. The van der Waals surface area contributed by atoms with Crippen LogP contribution in [-0.2, 0) is 6.42 Å². The van der Waals surface area contributed by atoms with Crippen LogP contribution < -0.4 is 14.2 Å². The number of aryl methyl sites for hydroxylation is 1. The fourth-order valence-corrected chi connectivity index (χ4v) is 3.67. The third kappa shape index (κ3) is 5.77. The number of rotatable bonds is 8. The zero-order valence-electron chi connectivity index (χ0n) is 17.3. The molecule has 0 amide bonds. The van der Waals surface area contributed by atoms with E-state index in [0.717, 1.165) is 38.2 Å². The molecule has 0 atom stereocenters. The van der Waals surface area contributed by atoms with Crippen molar-refractivity contribution in [1.82, 2.24) is 4.90 Å². The Bertz CT molecular complexity index is 805. The SMILES string of the molecule is CCc1cc(OCCN2CCC(C)(Oc3ccc(Cl)cc3)CC2)c(OC)cc1F. The van der Waals surface area contributed by atoms with Crippen LogP contribution in [0.4, 0.5) is 4.39 Å². The summed E-state index contributed by atoms with van der Waals surface area (Å²) in [6, 6.07) is 10.7. The number of nitrogens with zero attached hydrogens (tertiary/aromatic N) is 1. The highest BCUT2D eigenvalue weighted by Gasteiger charge is 2.32. The summed E-state index contributed by atoms with van der Waals surface area (Å²) in [5.74, 6) is 1.62. The first-order valence-electron chi connectivity index (χ1n) is 10.1. The van der Waals surface area contributed by atoms with E-state index in [9.17, 15) is 4.39 Å². The number of ether oxygens (including phenoxy) is 3. The fraction of sp³-hybridized carbons (Fsp3) is 0.478. The highest BCUT2D eigenvalue weighted by Crippen LogP contribution is 2.31. The predicted octanol–water partition coefficient (Wildman–Crippen LogP) is 5.36. The van der Waals surface area contributed by atoms with E-state index < -0.39 is 0 Å². The first kappa shape index (κ1) is 21.7. The molecular weight excluding hydrogens is 393 g/mol. The van der Waals surface area contributed by atoms with Crippen LogP contribution in [0.25, 0.3) is 0 Å². The van der Waals surface area contributed by atoms with Gasteiger partial charge in [-0.05, 0) is 62.1 Å². The van der Waals surface area contributed by atoms with Gasteiger partial charge in [0.2, 0.25) is 0 Å². The van der Waals surface area contributed by atoms with Gasteiger partial charge in [0.15, 0.2) is 11.5 Å². The minimum absolute atomic E-state index is 0.179. The Morgan fingerprint density at radius 3 is 2.41 bits per heavy atom. The highest BCUT2D eigenvalue weighted by atomic mass is 35.5. The maximum atomic E-state index is 13.9. The van der Waals surface area contributed by atoms with Gasteiger partial charge in [-0.1, -0.05) is 18.5 Å². The lowest BCUT2D eigenvalue weighted by atomic mass is 9.93. The lowest BCUT2D eigenvalue weighted by Crippen LogP contribution is -2.47. The van der Waals surface area contributed by atoms with Crippen molar-refractivity contribution in [1.29, 1.82) is 0 Å². The smallest absolute Gasteiger partial charge is 0.163 e. The molecule has 6 heteroatoms. The first-order valence-corrected chi connectivity index (χ1v) is 10.5. The molecule has 29 heavy (non-hydrogen) atoms. The van der Waals surface area contributed by atoms with Crippen molar-refractivity contribution in [3.63, 3.8) is 0 Å². The van der Waals surface area contributed by atoms with E-state index in [1.165, 1.54) is 13.2 Å². The highest BCUT2D eigenvalue weighted by molar-refractivity contribution is 6.30. The molecule has 2 aromatic carbocycles. The minimum Gasteiger partial charge on any atom is -0.493 e. The summed E-state index contributed by atoms with van der Waals surface area (Å²) in [4.78, 5) is 2.36. The van der Waals surface area contributed by atoms with E-state index in [0.29, 0.717) is 35.1 Å². The maximum Gasteiger partial charge on any atom is 0.163 e.